The summed E-state index contributed by atoms with van der Waals surface area (Å²) in [6, 6.07) is 23.4. The second-order valence-corrected chi connectivity index (χ2v) is 9.68. The molecule has 1 amide bonds. The van der Waals surface area contributed by atoms with Gasteiger partial charge in [-0.1, -0.05) is 42.5 Å². The number of nitrogens with one attached hydrogen (secondary N) is 1. The Morgan fingerprint density at radius 3 is 2.48 bits per heavy atom. The summed E-state index contributed by atoms with van der Waals surface area (Å²) < 4.78 is 34.3. The summed E-state index contributed by atoms with van der Waals surface area (Å²) in [5, 5.41) is 2.39. The van der Waals surface area contributed by atoms with E-state index in [0.29, 0.717) is 55.5 Å². The van der Waals surface area contributed by atoms with Crippen molar-refractivity contribution in [1.29, 1.82) is 0 Å². The Balaban J connectivity index is 1.22. The molecule has 1 aliphatic rings. The van der Waals surface area contributed by atoms with Crippen LogP contribution in [0.15, 0.2) is 85.1 Å². The third-order valence-electron chi connectivity index (χ3n) is 7.24. The number of imidazole rings is 1. The number of ether oxygens (including phenoxy) is 1. The van der Waals surface area contributed by atoms with Crippen LogP contribution in [0.3, 0.4) is 0 Å². The normalized spacial score (nSPS) is 13.6. The van der Waals surface area contributed by atoms with Gasteiger partial charge in [-0.25, -0.2) is 13.8 Å². The highest BCUT2D eigenvalue weighted by atomic mass is 19.1. The zero-order chi connectivity index (χ0) is 27.6. The summed E-state index contributed by atoms with van der Waals surface area (Å²) in [5.74, 6) is -0.696. The van der Waals surface area contributed by atoms with E-state index < -0.39 is 11.6 Å². The summed E-state index contributed by atoms with van der Waals surface area (Å²) in [4.78, 5) is 25.1. The fraction of sp³-hybridized carbons (Fsp3) is 0.188. The molecule has 0 radical (unpaired) electrons. The zero-order valence-electron chi connectivity index (χ0n) is 22.0. The van der Waals surface area contributed by atoms with Crippen LogP contribution in [-0.4, -0.2) is 53.6 Å². The molecular formula is C32H28F2N4O2. The molecule has 40 heavy (non-hydrogen) atoms. The molecule has 202 valence electrons. The van der Waals surface area contributed by atoms with E-state index in [2.05, 4.69) is 45.2 Å². The van der Waals surface area contributed by atoms with Crippen molar-refractivity contribution >= 4 is 22.4 Å². The summed E-state index contributed by atoms with van der Waals surface area (Å²) in [6.45, 7) is 4.77. The first-order valence-electron chi connectivity index (χ1n) is 13.3. The van der Waals surface area contributed by atoms with Crippen molar-refractivity contribution in [2.45, 2.75) is 6.92 Å². The highest BCUT2D eigenvalue weighted by molar-refractivity contribution is 5.94. The molecule has 0 aliphatic carbocycles. The van der Waals surface area contributed by atoms with Gasteiger partial charge in [0, 0.05) is 60.8 Å². The van der Waals surface area contributed by atoms with Crippen LogP contribution in [0.1, 0.15) is 17.4 Å². The van der Waals surface area contributed by atoms with Gasteiger partial charge in [0.15, 0.2) is 0 Å². The number of nitrogens with zero attached hydrogens (tertiary/aromatic N) is 3. The second-order valence-electron chi connectivity index (χ2n) is 9.68. The van der Waals surface area contributed by atoms with Crippen LogP contribution in [0.2, 0.25) is 0 Å². The standard InChI is InChI=1S/C32H28F2N4O2/c1-2-40-29-9-5-8-26(30(29)25-13-11-23(33)19-27(25)34)31-35-20-28(36-31)32(39)38-16-14-37(15-17-38)24-12-10-21-6-3-4-7-22(21)18-24/h3-13,18-20H,2,14-17H2,1H3,(H,35,36). The quantitative estimate of drug-likeness (QED) is 0.267. The van der Waals surface area contributed by atoms with Gasteiger partial charge < -0.3 is 19.5 Å². The molecule has 6 nitrogen and oxygen atoms in total. The molecule has 1 saturated heterocycles. The van der Waals surface area contributed by atoms with Gasteiger partial charge in [-0.15, -0.1) is 0 Å². The Bertz CT molecular complexity index is 1690. The molecule has 0 saturated carbocycles. The van der Waals surface area contributed by atoms with E-state index in [-0.39, 0.29) is 17.2 Å². The molecule has 1 fully saturated rings. The predicted octanol–water partition coefficient (Wildman–Crippen LogP) is 6.54. The van der Waals surface area contributed by atoms with Gasteiger partial charge in [0.2, 0.25) is 0 Å². The highest BCUT2D eigenvalue weighted by Crippen LogP contribution is 2.39. The molecule has 4 aromatic carbocycles. The number of hydrogen-bond acceptors (Lipinski definition) is 4. The van der Waals surface area contributed by atoms with Crippen LogP contribution in [-0.2, 0) is 0 Å². The van der Waals surface area contributed by atoms with E-state index >= 15 is 0 Å². The fourth-order valence-corrected chi connectivity index (χ4v) is 5.25. The molecule has 1 aromatic heterocycles. The number of carbonyl (C=O) groups is 1. The molecule has 8 heteroatoms. The van der Waals surface area contributed by atoms with E-state index in [0.717, 1.165) is 11.8 Å². The van der Waals surface area contributed by atoms with Crippen LogP contribution >= 0.6 is 0 Å². The molecule has 5 aromatic rings. The predicted molar refractivity (Wildman–Crippen MR) is 153 cm³/mol. The van der Waals surface area contributed by atoms with Crippen LogP contribution < -0.4 is 9.64 Å². The number of rotatable bonds is 6. The zero-order valence-corrected chi connectivity index (χ0v) is 22.0. The summed E-state index contributed by atoms with van der Waals surface area (Å²) >= 11 is 0. The van der Waals surface area contributed by atoms with E-state index in [9.17, 15) is 13.6 Å². The van der Waals surface area contributed by atoms with Crippen molar-refractivity contribution in [3.63, 3.8) is 0 Å². The first-order valence-corrected chi connectivity index (χ1v) is 13.3. The minimum absolute atomic E-state index is 0.170. The Hall–Kier alpha value is -4.72. The van der Waals surface area contributed by atoms with E-state index in [1.807, 2.05) is 19.1 Å². The summed E-state index contributed by atoms with van der Waals surface area (Å²) in [6.07, 6.45) is 1.57. The molecule has 0 bridgehead atoms. The van der Waals surface area contributed by atoms with Gasteiger partial charge in [0.05, 0.1) is 6.61 Å². The minimum Gasteiger partial charge on any atom is -0.493 e. The number of anilines is 1. The van der Waals surface area contributed by atoms with Gasteiger partial charge in [-0.2, -0.15) is 0 Å². The highest BCUT2D eigenvalue weighted by Gasteiger charge is 2.25. The maximum atomic E-state index is 14.9. The van der Waals surface area contributed by atoms with Gasteiger partial charge in [0.1, 0.15) is 28.9 Å². The van der Waals surface area contributed by atoms with Gasteiger partial charge in [0.25, 0.3) is 5.91 Å². The molecule has 0 spiro atoms. The number of halogens is 2. The van der Waals surface area contributed by atoms with Crippen LogP contribution in [0.5, 0.6) is 5.75 Å². The monoisotopic (exact) mass is 538 g/mol. The molecule has 0 atom stereocenters. The van der Waals surface area contributed by atoms with Gasteiger partial charge in [-0.3, -0.25) is 4.79 Å². The number of aromatic amines is 1. The number of fused-ring (bicyclic) bond motifs is 1. The number of benzene rings is 4. The van der Waals surface area contributed by atoms with Crippen LogP contribution in [0.25, 0.3) is 33.3 Å². The third-order valence-corrected chi connectivity index (χ3v) is 7.24. The van der Waals surface area contributed by atoms with Crippen molar-refractivity contribution in [3.05, 3.63) is 102 Å². The lowest BCUT2D eigenvalue weighted by atomic mass is 9.97. The molecule has 6 rings (SSSR count). The molecule has 2 heterocycles. The smallest absolute Gasteiger partial charge is 0.274 e. The summed E-state index contributed by atoms with van der Waals surface area (Å²) in [7, 11) is 0. The number of piperazine rings is 1. The molecule has 0 unspecified atom stereocenters. The van der Waals surface area contributed by atoms with Crippen molar-refractivity contribution in [1.82, 2.24) is 14.9 Å². The van der Waals surface area contributed by atoms with Crippen LogP contribution in [0, 0.1) is 11.6 Å². The number of H-pyrrole nitrogens is 1. The van der Waals surface area contributed by atoms with E-state index in [4.69, 9.17) is 4.74 Å². The Labute approximate surface area is 230 Å². The number of amides is 1. The van der Waals surface area contributed by atoms with Crippen molar-refractivity contribution in [2.75, 3.05) is 37.7 Å². The molecular weight excluding hydrogens is 510 g/mol. The Morgan fingerprint density at radius 1 is 0.900 bits per heavy atom. The van der Waals surface area contributed by atoms with Crippen molar-refractivity contribution in [2.24, 2.45) is 0 Å². The lowest BCUT2D eigenvalue weighted by molar-refractivity contribution is 0.0741. The second kappa shape index (κ2) is 10.8. The average molecular weight is 539 g/mol. The summed E-state index contributed by atoms with van der Waals surface area (Å²) in [5.41, 5.74) is 2.61. The first-order chi connectivity index (χ1) is 19.5. The molecule has 1 aliphatic heterocycles. The number of hydrogen-bond donors (Lipinski definition) is 1. The Morgan fingerprint density at radius 2 is 1.70 bits per heavy atom. The lowest BCUT2D eigenvalue weighted by Crippen LogP contribution is -2.48. The van der Waals surface area contributed by atoms with Gasteiger partial charge in [-0.05, 0) is 48.0 Å². The number of aromatic nitrogens is 2. The third kappa shape index (κ3) is 4.88. The maximum absolute atomic E-state index is 14.9. The van der Waals surface area contributed by atoms with Crippen molar-refractivity contribution in [3.8, 4) is 28.3 Å². The largest absolute Gasteiger partial charge is 0.493 e. The minimum atomic E-state index is -0.708. The van der Waals surface area contributed by atoms with Crippen molar-refractivity contribution < 1.29 is 18.3 Å². The maximum Gasteiger partial charge on any atom is 0.274 e. The first kappa shape index (κ1) is 25.6. The lowest BCUT2D eigenvalue weighted by Gasteiger charge is -2.36. The number of carbonyl (C=O) groups excluding carboxylic acids is 1. The molecule has 1 N–H and O–H groups in total. The van der Waals surface area contributed by atoms with E-state index in [1.165, 1.54) is 22.9 Å². The topological polar surface area (TPSA) is 61.5 Å². The Kier molecular flexibility index (Phi) is 6.90. The SMILES string of the molecule is CCOc1cccc(-c2nc(C(=O)N3CCN(c4ccc5ccccc5c4)CC3)c[nH]2)c1-c1ccc(F)cc1F. The van der Waals surface area contributed by atoms with E-state index in [1.54, 1.807) is 29.3 Å². The van der Waals surface area contributed by atoms with Crippen LogP contribution in [0.4, 0.5) is 14.5 Å². The van der Waals surface area contributed by atoms with Gasteiger partial charge >= 0.3 is 0 Å². The fourth-order valence-electron chi connectivity index (χ4n) is 5.25. The average Bonchev–Trinajstić information content (AvgIpc) is 3.47.